The van der Waals surface area contributed by atoms with Gasteiger partial charge in [-0.05, 0) is 74.2 Å². The van der Waals surface area contributed by atoms with Crippen molar-refractivity contribution in [3.8, 4) is 11.5 Å². The summed E-state index contributed by atoms with van der Waals surface area (Å²) in [5.74, 6) is 1.44. The van der Waals surface area contributed by atoms with E-state index in [0.717, 1.165) is 47.0 Å². The van der Waals surface area contributed by atoms with Gasteiger partial charge in [0.2, 0.25) is 9.84 Å². The van der Waals surface area contributed by atoms with Crippen LogP contribution in [0.1, 0.15) is 22.3 Å². The zero-order valence-corrected chi connectivity index (χ0v) is 18.0. The van der Waals surface area contributed by atoms with E-state index in [1.807, 2.05) is 27.7 Å². The topological polar surface area (TPSA) is 77.7 Å². The van der Waals surface area contributed by atoms with E-state index in [1.165, 1.54) is 0 Å². The molecule has 156 valence electrons. The lowest BCUT2D eigenvalue weighted by molar-refractivity contribution is 0.260. The minimum atomic E-state index is -3.66. The number of sulfone groups is 1. The molecular formula is C22H26O6S. The molecule has 2 fully saturated rings. The number of aryl methyl sites for hydroxylation is 4. The third-order valence-corrected chi connectivity index (χ3v) is 6.83. The first-order valence-electron chi connectivity index (χ1n) is 9.72. The second-order valence-electron chi connectivity index (χ2n) is 7.81. The first-order valence-corrected chi connectivity index (χ1v) is 11.2. The summed E-state index contributed by atoms with van der Waals surface area (Å²) in [6.07, 6.45) is 0.297. The van der Waals surface area contributed by atoms with Gasteiger partial charge < -0.3 is 18.9 Å². The molecule has 6 nitrogen and oxygen atoms in total. The zero-order chi connectivity index (χ0) is 20.8. The Labute approximate surface area is 171 Å². The van der Waals surface area contributed by atoms with Crippen LogP contribution in [0, 0.1) is 27.7 Å². The summed E-state index contributed by atoms with van der Waals surface area (Å²) in [6.45, 7) is 9.86. The lowest BCUT2D eigenvalue weighted by atomic mass is 10.1. The molecule has 0 bridgehead atoms. The van der Waals surface area contributed by atoms with Gasteiger partial charge >= 0.3 is 0 Å². The van der Waals surface area contributed by atoms with E-state index < -0.39 is 9.84 Å². The largest absolute Gasteiger partial charge is 0.490 e. The monoisotopic (exact) mass is 418 g/mol. The number of epoxide rings is 2. The molecule has 0 amide bonds. The molecule has 2 aliphatic rings. The maximum atomic E-state index is 13.3. The fourth-order valence-electron chi connectivity index (χ4n) is 3.40. The average molecular weight is 419 g/mol. The predicted molar refractivity (Wildman–Crippen MR) is 108 cm³/mol. The van der Waals surface area contributed by atoms with Gasteiger partial charge in [0.05, 0.1) is 23.0 Å². The van der Waals surface area contributed by atoms with E-state index in [-0.39, 0.29) is 22.0 Å². The van der Waals surface area contributed by atoms with Crippen LogP contribution in [-0.2, 0) is 19.3 Å². The summed E-state index contributed by atoms with van der Waals surface area (Å²) >= 11 is 0. The van der Waals surface area contributed by atoms with Gasteiger partial charge in [0.15, 0.2) is 0 Å². The number of benzene rings is 2. The second kappa shape index (κ2) is 7.63. The Morgan fingerprint density at radius 3 is 1.34 bits per heavy atom. The predicted octanol–water partition coefficient (Wildman–Crippen LogP) is 3.31. The smallest absolute Gasteiger partial charge is 0.206 e. The molecule has 0 saturated carbocycles. The van der Waals surface area contributed by atoms with Crippen LogP contribution in [0.5, 0.6) is 11.5 Å². The number of rotatable bonds is 8. The Bertz CT molecular complexity index is 912. The quantitative estimate of drug-likeness (QED) is 0.612. The summed E-state index contributed by atoms with van der Waals surface area (Å²) in [5.41, 5.74) is 3.17. The minimum absolute atomic E-state index is 0.148. The Kier molecular flexibility index (Phi) is 5.31. The van der Waals surface area contributed by atoms with E-state index in [9.17, 15) is 8.42 Å². The SMILES string of the molecule is Cc1cc(S(=O)(=O)c2cc(C)c(OCC3CO3)c(C)c2)cc(C)c1OCC1CO1. The number of hydrogen-bond donors (Lipinski definition) is 0. The van der Waals surface area contributed by atoms with Gasteiger partial charge in [-0.1, -0.05) is 0 Å². The van der Waals surface area contributed by atoms with E-state index in [0.29, 0.717) is 13.2 Å². The van der Waals surface area contributed by atoms with Gasteiger partial charge in [-0.3, -0.25) is 0 Å². The molecule has 0 N–H and O–H groups in total. The summed E-state index contributed by atoms with van der Waals surface area (Å²) in [5, 5.41) is 0. The molecule has 29 heavy (non-hydrogen) atoms. The van der Waals surface area contributed by atoms with Crippen LogP contribution in [0.15, 0.2) is 34.1 Å². The summed E-state index contributed by atoms with van der Waals surface area (Å²) in [7, 11) is -3.66. The van der Waals surface area contributed by atoms with Crippen molar-refractivity contribution >= 4 is 9.84 Å². The Hall–Kier alpha value is -2.09. The van der Waals surface area contributed by atoms with Gasteiger partial charge in [-0.25, -0.2) is 8.42 Å². The number of ether oxygens (including phenoxy) is 4. The van der Waals surface area contributed by atoms with Crippen LogP contribution in [0.4, 0.5) is 0 Å². The highest BCUT2D eigenvalue weighted by Gasteiger charge is 2.26. The van der Waals surface area contributed by atoms with Crippen molar-refractivity contribution < 1.29 is 27.4 Å². The second-order valence-corrected chi connectivity index (χ2v) is 9.76. The van der Waals surface area contributed by atoms with Crippen LogP contribution in [-0.4, -0.2) is 47.1 Å². The molecule has 7 heteroatoms. The maximum Gasteiger partial charge on any atom is 0.206 e. The van der Waals surface area contributed by atoms with Crippen LogP contribution in [0.3, 0.4) is 0 Å². The molecule has 2 saturated heterocycles. The molecule has 2 heterocycles. The normalized spacial score (nSPS) is 20.4. The molecule has 0 radical (unpaired) electrons. The molecule has 0 aromatic heterocycles. The Morgan fingerprint density at radius 2 is 1.07 bits per heavy atom. The zero-order valence-electron chi connectivity index (χ0n) is 17.2. The van der Waals surface area contributed by atoms with Gasteiger partial charge in [0, 0.05) is 0 Å². The first kappa shape index (κ1) is 20.2. The highest BCUT2D eigenvalue weighted by Crippen LogP contribution is 2.34. The summed E-state index contributed by atoms with van der Waals surface area (Å²) < 4.78 is 48.6. The average Bonchev–Trinajstić information content (AvgIpc) is 3.54. The Morgan fingerprint density at radius 1 is 0.759 bits per heavy atom. The van der Waals surface area contributed by atoms with Crippen molar-refractivity contribution in [2.45, 2.75) is 49.7 Å². The van der Waals surface area contributed by atoms with Crippen molar-refractivity contribution in [2.75, 3.05) is 26.4 Å². The highest BCUT2D eigenvalue weighted by molar-refractivity contribution is 7.91. The Balaban J connectivity index is 1.61. The van der Waals surface area contributed by atoms with Crippen LogP contribution in [0.2, 0.25) is 0 Å². The highest BCUT2D eigenvalue weighted by atomic mass is 32.2. The molecule has 2 atom stereocenters. The van der Waals surface area contributed by atoms with Crippen molar-refractivity contribution in [1.29, 1.82) is 0 Å². The molecule has 2 unspecified atom stereocenters. The van der Waals surface area contributed by atoms with Gasteiger partial charge in [0.25, 0.3) is 0 Å². The standard InChI is InChI=1S/C22H26O6S/c1-13-5-19(6-14(2)21(13)27-11-17-9-25-17)29(23,24)20-7-15(3)22(16(4)8-20)28-12-18-10-26-18/h5-8,17-18H,9-12H2,1-4H3. The number of hydrogen-bond acceptors (Lipinski definition) is 6. The van der Waals surface area contributed by atoms with Gasteiger partial charge in [-0.2, -0.15) is 0 Å². The van der Waals surface area contributed by atoms with Crippen molar-refractivity contribution in [2.24, 2.45) is 0 Å². The van der Waals surface area contributed by atoms with E-state index in [1.54, 1.807) is 24.3 Å². The molecule has 0 spiro atoms. The van der Waals surface area contributed by atoms with Crippen LogP contribution < -0.4 is 9.47 Å². The maximum absolute atomic E-state index is 13.3. The molecule has 4 rings (SSSR count). The molecule has 2 aromatic rings. The lowest BCUT2D eigenvalue weighted by Gasteiger charge is -2.16. The lowest BCUT2D eigenvalue weighted by Crippen LogP contribution is -2.10. The molecule has 2 aliphatic heterocycles. The molecule has 0 aliphatic carbocycles. The van der Waals surface area contributed by atoms with E-state index in [2.05, 4.69) is 0 Å². The van der Waals surface area contributed by atoms with Crippen LogP contribution >= 0.6 is 0 Å². The fourth-order valence-corrected chi connectivity index (χ4v) is 5.00. The van der Waals surface area contributed by atoms with Crippen molar-refractivity contribution in [1.82, 2.24) is 0 Å². The van der Waals surface area contributed by atoms with Gasteiger partial charge in [0.1, 0.15) is 36.9 Å². The van der Waals surface area contributed by atoms with E-state index >= 15 is 0 Å². The molecular weight excluding hydrogens is 392 g/mol. The van der Waals surface area contributed by atoms with Crippen molar-refractivity contribution in [3.63, 3.8) is 0 Å². The minimum Gasteiger partial charge on any atom is -0.490 e. The van der Waals surface area contributed by atoms with E-state index in [4.69, 9.17) is 18.9 Å². The summed E-state index contributed by atoms with van der Waals surface area (Å²) in [6, 6.07) is 6.69. The third kappa shape index (κ3) is 4.42. The summed E-state index contributed by atoms with van der Waals surface area (Å²) in [4.78, 5) is 0.530. The third-order valence-electron chi connectivity index (χ3n) is 5.12. The van der Waals surface area contributed by atoms with Gasteiger partial charge in [-0.15, -0.1) is 0 Å². The first-order chi connectivity index (χ1) is 13.8. The van der Waals surface area contributed by atoms with Crippen molar-refractivity contribution in [3.05, 3.63) is 46.5 Å². The molecule has 2 aromatic carbocycles. The fraction of sp³-hybridized carbons (Fsp3) is 0.455. The van der Waals surface area contributed by atoms with Crippen LogP contribution in [0.25, 0.3) is 0 Å².